The van der Waals surface area contributed by atoms with Crippen molar-refractivity contribution >= 4 is 11.6 Å². The van der Waals surface area contributed by atoms with E-state index in [1.165, 1.54) is 5.56 Å². The van der Waals surface area contributed by atoms with Crippen molar-refractivity contribution in [2.45, 2.75) is 5.92 Å². The molecule has 1 aliphatic heterocycles. The van der Waals surface area contributed by atoms with E-state index in [0.717, 1.165) is 23.9 Å². The highest BCUT2D eigenvalue weighted by Gasteiger charge is 2.22. The Morgan fingerprint density at radius 1 is 1.46 bits per heavy atom. The summed E-state index contributed by atoms with van der Waals surface area (Å²) in [5.74, 6) is 1.33. The molecule has 0 saturated carbocycles. The number of halogens is 1. The normalized spacial score (nSPS) is 16.8. The number of hydrogen-bond acceptors (Lipinski definition) is 2. The molecule has 1 saturated heterocycles. The Hall–Kier alpha value is -0.730. The molecule has 2 nitrogen and oxygen atoms in total. The molecule has 1 aromatic rings. The Morgan fingerprint density at radius 2 is 2.23 bits per heavy atom. The highest BCUT2D eigenvalue weighted by molar-refractivity contribution is 6.32. The average Bonchev–Trinajstić information content (AvgIpc) is 2.05. The van der Waals surface area contributed by atoms with Crippen molar-refractivity contribution in [2.75, 3.05) is 20.2 Å². The van der Waals surface area contributed by atoms with E-state index in [-0.39, 0.29) is 0 Å². The molecule has 70 valence electrons. The van der Waals surface area contributed by atoms with Gasteiger partial charge in [0.15, 0.2) is 0 Å². The van der Waals surface area contributed by atoms with Crippen molar-refractivity contribution in [3.63, 3.8) is 0 Å². The Kier molecular flexibility index (Phi) is 2.42. The summed E-state index contributed by atoms with van der Waals surface area (Å²) in [5, 5.41) is 3.99. The first-order chi connectivity index (χ1) is 6.33. The van der Waals surface area contributed by atoms with Crippen molar-refractivity contribution in [3.05, 3.63) is 28.8 Å². The van der Waals surface area contributed by atoms with Crippen molar-refractivity contribution in [3.8, 4) is 5.75 Å². The number of ether oxygens (including phenoxy) is 1. The summed E-state index contributed by atoms with van der Waals surface area (Å²) in [4.78, 5) is 0. The van der Waals surface area contributed by atoms with Gasteiger partial charge in [-0.15, -0.1) is 0 Å². The van der Waals surface area contributed by atoms with Crippen LogP contribution in [0.4, 0.5) is 0 Å². The van der Waals surface area contributed by atoms with Crippen LogP contribution in [0.25, 0.3) is 0 Å². The van der Waals surface area contributed by atoms with Crippen LogP contribution >= 0.6 is 11.6 Å². The minimum absolute atomic E-state index is 0.558. The SMILES string of the molecule is COc1cccc(C2CNC2)c1Cl. The maximum absolute atomic E-state index is 6.16. The van der Waals surface area contributed by atoms with Gasteiger partial charge in [-0.2, -0.15) is 0 Å². The molecule has 0 atom stereocenters. The first kappa shape index (κ1) is 8.85. The second-order valence-electron chi connectivity index (χ2n) is 3.22. The summed E-state index contributed by atoms with van der Waals surface area (Å²) in [6.45, 7) is 2.04. The zero-order chi connectivity index (χ0) is 9.26. The monoisotopic (exact) mass is 197 g/mol. The minimum Gasteiger partial charge on any atom is -0.495 e. The average molecular weight is 198 g/mol. The molecule has 1 N–H and O–H groups in total. The maximum Gasteiger partial charge on any atom is 0.137 e. The fourth-order valence-electron chi connectivity index (χ4n) is 1.51. The van der Waals surface area contributed by atoms with Crippen molar-refractivity contribution < 1.29 is 4.74 Å². The number of rotatable bonds is 2. The molecule has 0 bridgehead atoms. The van der Waals surface area contributed by atoms with Gasteiger partial charge in [-0.1, -0.05) is 23.7 Å². The van der Waals surface area contributed by atoms with Crippen LogP contribution in [-0.2, 0) is 0 Å². The van der Waals surface area contributed by atoms with Crippen molar-refractivity contribution in [1.29, 1.82) is 0 Å². The van der Waals surface area contributed by atoms with E-state index in [0.29, 0.717) is 5.92 Å². The summed E-state index contributed by atoms with van der Waals surface area (Å²) < 4.78 is 5.15. The zero-order valence-electron chi connectivity index (χ0n) is 7.51. The lowest BCUT2D eigenvalue weighted by atomic mass is 9.93. The second kappa shape index (κ2) is 3.56. The van der Waals surface area contributed by atoms with Gasteiger partial charge in [-0.05, 0) is 11.6 Å². The van der Waals surface area contributed by atoms with Gasteiger partial charge in [0.05, 0.1) is 12.1 Å². The summed E-state index contributed by atoms with van der Waals surface area (Å²) in [7, 11) is 1.64. The molecule has 0 aromatic heterocycles. The van der Waals surface area contributed by atoms with E-state index >= 15 is 0 Å². The fraction of sp³-hybridized carbons (Fsp3) is 0.400. The number of hydrogen-bond donors (Lipinski definition) is 1. The van der Waals surface area contributed by atoms with Crippen LogP contribution in [0.1, 0.15) is 11.5 Å². The highest BCUT2D eigenvalue weighted by Crippen LogP contribution is 2.33. The summed E-state index contributed by atoms with van der Waals surface area (Å²) in [5.41, 5.74) is 1.19. The van der Waals surface area contributed by atoms with E-state index < -0.39 is 0 Å². The zero-order valence-corrected chi connectivity index (χ0v) is 8.27. The summed E-state index contributed by atoms with van der Waals surface area (Å²) in [6, 6.07) is 5.94. The lowest BCUT2D eigenvalue weighted by Gasteiger charge is -2.28. The molecule has 0 unspecified atom stereocenters. The molecule has 0 aliphatic carbocycles. The van der Waals surface area contributed by atoms with Crippen molar-refractivity contribution in [1.82, 2.24) is 5.32 Å². The molecule has 2 rings (SSSR count). The quantitative estimate of drug-likeness (QED) is 0.784. The van der Waals surface area contributed by atoms with Crippen LogP contribution in [-0.4, -0.2) is 20.2 Å². The molecule has 0 amide bonds. The lowest BCUT2D eigenvalue weighted by Crippen LogP contribution is -2.40. The van der Waals surface area contributed by atoms with Crippen LogP contribution in [0.5, 0.6) is 5.75 Å². The Labute approximate surface area is 82.9 Å². The third-order valence-corrected chi connectivity index (χ3v) is 2.84. The number of methoxy groups -OCH3 is 1. The van der Waals surface area contributed by atoms with Gasteiger partial charge in [0.1, 0.15) is 5.75 Å². The Balaban J connectivity index is 2.33. The number of benzene rings is 1. The van der Waals surface area contributed by atoms with Crippen LogP contribution in [0, 0.1) is 0 Å². The molecule has 1 fully saturated rings. The van der Waals surface area contributed by atoms with Gasteiger partial charge in [0, 0.05) is 19.0 Å². The van der Waals surface area contributed by atoms with Crippen LogP contribution in [0.2, 0.25) is 5.02 Å². The molecule has 13 heavy (non-hydrogen) atoms. The van der Waals surface area contributed by atoms with Gasteiger partial charge in [-0.25, -0.2) is 0 Å². The maximum atomic E-state index is 6.16. The van der Waals surface area contributed by atoms with E-state index in [4.69, 9.17) is 16.3 Å². The fourth-order valence-corrected chi connectivity index (χ4v) is 1.87. The minimum atomic E-state index is 0.558. The lowest BCUT2D eigenvalue weighted by molar-refractivity contribution is 0.410. The first-order valence-corrected chi connectivity index (χ1v) is 4.74. The van der Waals surface area contributed by atoms with Crippen molar-refractivity contribution in [2.24, 2.45) is 0 Å². The summed E-state index contributed by atoms with van der Waals surface area (Å²) in [6.07, 6.45) is 0. The molecule has 0 radical (unpaired) electrons. The Morgan fingerprint density at radius 3 is 2.77 bits per heavy atom. The first-order valence-electron chi connectivity index (χ1n) is 4.36. The smallest absolute Gasteiger partial charge is 0.137 e. The van der Waals surface area contributed by atoms with E-state index in [1.54, 1.807) is 7.11 Å². The molecule has 1 aromatic carbocycles. The van der Waals surface area contributed by atoms with E-state index in [2.05, 4.69) is 11.4 Å². The second-order valence-corrected chi connectivity index (χ2v) is 3.60. The molecule has 1 heterocycles. The molecule has 1 aliphatic rings. The third kappa shape index (κ3) is 1.52. The van der Waals surface area contributed by atoms with E-state index in [1.807, 2.05) is 12.1 Å². The molecular weight excluding hydrogens is 186 g/mol. The van der Waals surface area contributed by atoms with Gasteiger partial charge in [0.25, 0.3) is 0 Å². The largest absolute Gasteiger partial charge is 0.495 e. The van der Waals surface area contributed by atoms with Gasteiger partial charge in [0.2, 0.25) is 0 Å². The number of nitrogens with one attached hydrogen (secondary N) is 1. The van der Waals surface area contributed by atoms with Gasteiger partial charge >= 0.3 is 0 Å². The molecular formula is C10H12ClNO. The van der Waals surface area contributed by atoms with Crippen LogP contribution < -0.4 is 10.1 Å². The predicted octanol–water partition coefficient (Wildman–Crippen LogP) is 2.04. The van der Waals surface area contributed by atoms with Gasteiger partial charge < -0.3 is 10.1 Å². The molecule has 0 spiro atoms. The summed E-state index contributed by atoms with van der Waals surface area (Å²) >= 11 is 6.16. The Bertz CT molecular complexity index is 310. The molecule has 3 heteroatoms. The highest BCUT2D eigenvalue weighted by atomic mass is 35.5. The van der Waals surface area contributed by atoms with Crippen LogP contribution in [0.3, 0.4) is 0 Å². The predicted molar refractivity (Wildman–Crippen MR) is 53.6 cm³/mol. The topological polar surface area (TPSA) is 21.3 Å². The van der Waals surface area contributed by atoms with Crippen LogP contribution in [0.15, 0.2) is 18.2 Å². The van der Waals surface area contributed by atoms with E-state index in [9.17, 15) is 0 Å². The standard InChI is InChI=1S/C10H12ClNO/c1-13-9-4-2-3-8(10(9)11)7-5-12-6-7/h2-4,7,12H,5-6H2,1H3. The third-order valence-electron chi connectivity index (χ3n) is 2.43. The van der Waals surface area contributed by atoms with Gasteiger partial charge in [-0.3, -0.25) is 0 Å².